The first kappa shape index (κ1) is 10.5. The molecule has 82 valence electrons. The molecule has 15 heavy (non-hydrogen) atoms. The third kappa shape index (κ3) is 2.15. The van der Waals surface area contributed by atoms with Crippen molar-refractivity contribution in [1.29, 1.82) is 0 Å². The molecule has 1 heterocycles. The minimum absolute atomic E-state index is 0.146. The van der Waals surface area contributed by atoms with Gasteiger partial charge in [-0.2, -0.15) is 0 Å². The van der Waals surface area contributed by atoms with Crippen LogP contribution in [0.4, 0.5) is 0 Å². The molecular weight excluding hydrogens is 186 g/mol. The van der Waals surface area contributed by atoms with Crippen LogP contribution in [-0.4, -0.2) is 13.2 Å². The Hall–Kier alpha value is -1.02. The maximum Gasteiger partial charge on any atom is 0.119 e. The van der Waals surface area contributed by atoms with Crippen molar-refractivity contribution in [2.45, 2.75) is 32.2 Å². The Morgan fingerprint density at radius 3 is 3.00 bits per heavy atom. The lowest BCUT2D eigenvalue weighted by Crippen LogP contribution is -2.33. The van der Waals surface area contributed by atoms with Gasteiger partial charge in [-0.05, 0) is 50.9 Å². The van der Waals surface area contributed by atoms with Crippen LogP contribution in [0.3, 0.4) is 0 Å². The van der Waals surface area contributed by atoms with Crippen molar-refractivity contribution in [3.05, 3.63) is 29.8 Å². The summed E-state index contributed by atoms with van der Waals surface area (Å²) in [6.07, 6.45) is 2.47. The highest BCUT2D eigenvalue weighted by atomic mass is 16.5. The Morgan fingerprint density at radius 2 is 2.33 bits per heavy atom. The van der Waals surface area contributed by atoms with Gasteiger partial charge in [-0.15, -0.1) is 0 Å². The number of nitrogens with one attached hydrogen (secondary N) is 1. The first-order valence-corrected chi connectivity index (χ1v) is 5.73. The maximum absolute atomic E-state index is 5.52. The maximum atomic E-state index is 5.52. The average molecular weight is 205 g/mol. The van der Waals surface area contributed by atoms with Gasteiger partial charge in [0.25, 0.3) is 0 Å². The SMILES string of the molecule is CCOc1cccc(C2(C)CCCN2)c1. The number of benzene rings is 1. The summed E-state index contributed by atoms with van der Waals surface area (Å²) in [4.78, 5) is 0. The molecule has 0 aromatic heterocycles. The van der Waals surface area contributed by atoms with Gasteiger partial charge in [-0.25, -0.2) is 0 Å². The minimum atomic E-state index is 0.146. The monoisotopic (exact) mass is 205 g/mol. The molecule has 2 heteroatoms. The molecular formula is C13H19NO. The topological polar surface area (TPSA) is 21.3 Å². The summed E-state index contributed by atoms with van der Waals surface area (Å²) in [5.74, 6) is 0.977. The molecule has 1 aromatic carbocycles. The van der Waals surface area contributed by atoms with Crippen LogP contribution in [0.5, 0.6) is 5.75 Å². The Balaban J connectivity index is 2.23. The van der Waals surface area contributed by atoms with E-state index in [-0.39, 0.29) is 5.54 Å². The molecule has 0 bridgehead atoms. The fourth-order valence-electron chi connectivity index (χ4n) is 2.24. The van der Waals surface area contributed by atoms with Crippen molar-refractivity contribution in [3.63, 3.8) is 0 Å². The Bertz CT molecular complexity index is 329. The zero-order valence-corrected chi connectivity index (χ0v) is 9.55. The van der Waals surface area contributed by atoms with E-state index in [1.807, 2.05) is 13.0 Å². The van der Waals surface area contributed by atoms with Gasteiger partial charge in [0.1, 0.15) is 5.75 Å². The summed E-state index contributed by atoms with van der Waals surface area (Å²) in [5, 5.41) is 3.56. The molecule has 0 aliphatic carbocycles. The normalized spacial score (nSPS) is 25.5. The molecule has 1 N–H and O–H groups in total. The predicted octanol–water partition coefficient (Wildman–Crippen LogP) is 2.68. The Labute approximate surface area is 91.6 Å². The molecule has 1 saturated heterocycles. The minimum Gasteiger partial charge on any atom is -0.494 e. The number of hydrogen-bond acceptors (Lipinski definition) is 2. The second-order valence-corrected chi connectivity index (χ2v) is 4.32. The van der Waals surface area contributed by atoms with Gasteiger partial charge < -0.3 is 10.1 Å². The molecule has 0 radical (unpaired) electrons. The number of rotatable bonds is 3. The van der Waals surface area contributed by atoms with Crippen molar-refractivity contribution in [3.8, 4) is 5.75 Å². The molecule has 2 nitrogen and oxygen atoms in total. The van der Waals surface area contributed by atoms with Gasteiger partial charge in [-0.1, -0.05) is 12.1 Å². The number of ether oxygens (including phenoxy) is 1. The van der Waals surface area contributed by atoms with Gasteiger partial charge in [0.2, 0.25) is 0 Å². The second-order valence-electron chi connectivity index (χ2n) is 4.32. The van der Waals surface area contributed by atoms with Crippen LogP contribution in [0, 0.1) is 0 Å². The molecule has 1 aliphatic heterocycles. The van der Waals surface area contributed by atoms with Crippen molar-refractivity contribution in [1.82, 2.24) is 5.32 Å². The summed E-state index contributed by atoms with van der Waals surface area (Å²) in [7, 11) is 0. The van der Waals surface area contributed by atoms with E-state index in [1.54, 1.807) is 0 Å². The lowest BCUT2D eigenvalue weighted by Gasteiger charge is -2.25. The third-order valence-electron chi connectivity index (χ3n) is 3.15. The van der Waals surface area contributed by atoms with Gasteiger partial charge in [0.15, 0.2) is 0 Å². The van der Waals surface area contributed by atoms with E-state index >= 15 is 0 Å². The van der Waals surface area contributed by atoms with Gasteiger partial charge >= 0.3 is 0 Å². The van der Waals surface area contributed by atoms with E-state index in [2.05, 4.69) is 30.4 Å². The molecule has 1 unspecified atom stereocenters. The molecule has 1 aliphatic rings. The van der Waals surface area contributed by atoms with Crippen LogP contribution in [0.2, 0.25) is 0 Å². The highest BCUT2D eigenvalue weighted by molar-refractivity contribution is 5.33. The van der Waals surface area contributed by atoms with Crippen LogP contribution in [0.1, 0.15) is 32.3 Å². The van der Waals surface area contributed by atoms with Gasteiger partial charge in [0, 0.05) is 5.54 Å². The van der Waals surface area contributed by atoms with Gasteiger partial charge in [-0.3, -0.25) is 0 Å². The van der Waals surface area contributed by atoms with Crippen molar-refractivity contribution in [2.75, 3.05) is 13.2 Å². The third-order valence-corrected chi connectivity index (χ3v) is 3.15. The van der Waals surface area contributed by atoms with E-state index in [0.29, 0.717) is 0 Å². The van der Waals surface area contributed by atoms with Crippen LogP contribution >= 0.6 is 0 Å². The molecule has 1 atom stereocenters. The van der Waals surface area contributed by atoms with Crippen LogP contribution in [0.15, 0.2) is 24.3 Å². The van der Waals surface area contributed by atoms with E-state index in [0.717, 1.165) is 18.9 Å². The van der Waals surface area contributed by atoms with Crippen molar-refractivity contribution in [2.24, 2.45) is 0 Å². The van der Waals surface area contributed by atoms with Crippen molar-refractivity contribution >= 4 is 0 Å². The summed E-state index contributed by atoms with van der Waals surface area (Å²) in [6.45, 7) is 6.14. The summed E-state index contributed by atoms with van der Waals surface area (Å²) in [5.41, 5.74) is 1.48. The largest absolute Gasteiger partial charge is 0.494 e. The first-order chi connectivity index (χ1) is 7.24. The van der Waals surface area contributed by atoms with E-state index < -0.39 is 0 Å². The number of hydrogen-bond donors (Lipinski definition) is 1. The van der Waals surface area contributed by atoms with Crippen molar-refractivity contribution < 1.29 is 4.74 Å². The van der Waals surface area contributed by atoms with E-state index in [1.165, 1.54) is 18.4 Å². The molecule has 0 amide bonds. The molecule has 0 saturated carbocycles. The highest BCUT2D eigenvalue weighted by Crippen LogP contribution is 2.31. The standard InChI is InChI=1S/C13H19NO/c1-3-15-12-7-4-6-11(10-12)13(2)8-5-9-14-13/h4,6-7,10,14H,3,5,8-9H2,1-2H3. The molecule has 1 aromatic rings. The summed E-state index contributed by atoms with van der Waals surface area (Å²) >= 11 is 0. The Morgan fingerprint density at radius 1 is 1.47 bits per heavy atom. The lowest BCUT2D eigenvalue weighted by molar-refractivity contribution is 0.337. The van der Waals surface area contributed by atoms with Gasteiger partial charge in [0.05, 0.1) is 6.61 Å². The smallest absolute Gasteiger partial charge is 0.119 e. The zero-order valence-electron chi connectivity index (χ0n) is 9.55. The summed E-state index contributed by atoms with van der Waals surface area (Å²) < 4.78 is 5.52. The van der Waals surface area contributed by atoms with E-state index in [9.17, 15) is 0 Å². The Kier molecular flexibility index (Phi) is 2.96. The fraction of sp³-hybridized carbons (Fsp3) is 0.538. The summed E-state index contributed by atoms with van der Waals surface area (Å²) in [6, 6.07) is 8.43. The first-order valence-electron chi connectivity index (χ1n) is 5.73. The van der Waals surface area contributed by atoms with Crippen LogP contribution < -0.4 is 10.1 Å². The van der Waals surface area contributed by atoms with E-state index in [4.69, 9.17) is 4.74 Å². The predicted molar refractivity (Wildman–Crippen MR) is 62.2 cm³/mol. The average Bonchev–Trinajstić information content (AvgIpc) is 2.68. The highest BCUT2D eigenvalue weighted by Gasteiger charge is 2.29. The fourth-order valence-corrected chi connectivity index (χ4v) is 2.24. The second kappa shape index (κ2) is 4.23. The quantitative estimate of drug-likeness (QED) is 0.819. The lowest BCUT2D eigenvalue weighted by atomic mass is 9.90. The van der Waals surface area contributed by atoms with Crippen LogP contribution in [0.25, 0.3) is 0 Å². The molecule has 1 fully saturated rings. The van der Waals surface area contributed by atoms with Crippen LogP contribution in [-0.2, 0) is 5.54 Å². The molecule has 2 rings (SSSR count). The zero-order chi connectivity index (χ0) is 10.7. The molecule has 0 spiro atoms.